The third-order valence-electron chi connectivity index (χ3n) is 5.15. The van der Waals surface area contributed by atoms with Gasteiger partial charge in [0.15, 0.2) is 11.5 Å². The maximum atomic E-state index is 6.54. The van der Waals surface area contributed by atoms with E-state index in [9.17, 15) is 0 Å². The third kappa shape index (κ3) is 5.81. The van der Waals surface area contributed by atoms with Crippen LogP contribution in [-0.2, 0) is 11.3 Å². The van der Waals surface area contributed by atoms with Gasteiger partial charge in [-0.25, -0.2) is 0 Å². The highest BCUT2D eigenvalue weighted by atomic mass is 35.5. The highest BCUT2D eigenvalue weighted by molar-refractivity contribution is 6.32. The van der Waals surface area contributed by atoms with E-state index in [1.165, 1.54) is 5.69 Å². The van der Waals surface area contributed by atoms with Crippen LogP contribution in [0.1, 0.15) is 18.1 Å². The Bertz CT molecular complexity index is 1030. The number of nitrogens with zero attached hydrogens (tertiary/aromatic N) is 2. The Hall–Kier alpha value is -3.02. The van der Waals surface area contributed by atoms with Crippen molar-refractivity contribution in [1.82, 2.24) is 0 Å². The molecule has 1 fully saturated rings. The van der Waals surface area contributed by atoms with E-state index in [2.05, 4.69) is 22.0 Å². The van der Waals surface area contributed by atoms with Crippen molar-refractivity contribution < 1.29 is 14.2 Å². The van der Waals surface area contributed by atoms with Crippen molar-refractivity contribution in [1.29, 1.82) is 0 Å². The molecule has 1 aliphatic rings. The van der Waals surface area contributed by atoms with Crippen LogP contribution in [0, 0.1) is 0 Å². The first-order chi connectivity index (χ1) is 15.7. The topological polar surface area (TPSA) is 43.3 Å². The Morgan fingerprint density at radius 1 is 1.00 bits per heavy atom. The lowest BCUT2D eigenvalue weighted by Crippen LogP contribution is -2.36. The van der Waals surface area contributed by atoms with Crippen LogP contribution in [0.15, 0.2) is 71.7 Å². The maximum Gasteiger partial charge on any atom is 0.180 e. The van der Waals surface area contributed by atoms with Crippen LogP contribution in [0.4, 0.5) is 11.4 Å². The first kappa shape index (κ1) is 22.2. The zero-order valence-corrected chi connectivity index (χ0v) is 18.9. The molecule has 0 amide bonds. The van der Waals surface area contributed by atoms with Gasteiger partial charge in [0.05, 0.1) is 30.5 Å². The lowest BCUT2D eigenvalue weighted by molar-refractivity contribution is 0.122. The van der Waals surface area contributed by atoms with Crippen LogP contribution in [0.2, 0.25) is 5.02 Å². The standard InChI is InChI=1S/C26H27ClN2O3/c1-2-31-25-17-21(16-24(27)26(25)32-19-20-6-4-3-5-7-20)18-28-22-8-10-23(11-9-22)29-12-14-30-15-13-29/h3-11,16-18H,2,12-15,19H2,1H3. The average Bonchev–Trinajstić information content (AvgIpc) is 2.84. The lowest BCUT2D eigenvalue weighted by Gasteiger charge is -2.28. The van der Waals surface area contributed by atoms with E-state index in [0.717, 1.165) is 43.1 Å². The lowest BCUT2D eigenvalue weighted by atomic mass is 10.2. The van der Waals surface area contributed by atoms with Crippen molar-refractivity contribution in [2.24, 2.45) is 4.99 Å². The van der Waals surface area contributed by atoms with E-state index in [1.807, 2.05) is 61.5 Å². The van der Waals surface area contributed by atoms with Gasteiger partial charge in [0.1, 0.15) is 6.61 Å². The molecular weight excluding hydrogens is 424 g/mol. The minimum Gasteiger partial charge on any atom is -0.490 e. The zero-order chi connectivity index (χ0) is 22.2. The van der Waals surface area contributed by atoms with Gasteiger partial charge in [-0.05, 0) is 54.4 Å². The second kappa shape index (κ2) is 11.0. The van der Waals surface area contributed by atoms with Gasteiger partial charge < -0.3 is 19.1 Å². The number of aliphatic imine (C=N–C) groups is 1. The average molecular weight is 451 g/mol. The van der Waals surface area contributed by atoms with Crippen LogP contribution in [0.3, 0.4) is 0 Å². The molecule has 1 heterocycles. The largest absolute Gasteiger partial charge is 0.490 e. The summed E-state index contributed by atoms with van der Waals surface area (Å²) < 4.78 is 17.2. The zero-order valence-electron chi connectivity index (χ0n) is 18.2. The molecule has 166 valence electrons. The van der Waals surface area contributed by atoms with Gasteiger partial charge in [-0.15, -0.1) is 0 Å². The summed E-state index contributed by atoms with van der Waals surface area (Å²) in [5.74, 6) is 1.16. The molecule has 32 heavy (non-hydrogen) atoms. The summed E-state index contributed by atoms with van der Waals surface area (Å²) in [6, 6.07) is 21.9. The van der Waals surface area contributed by atoms with E-state index < -0.39 is 0 Å². The summed E-state index contributed by atoms with van der Waals surface area (Å²) >= 11 is 6.54. The number of morpholine rings is 1. The molecule has 4 rings (SSSR count). The molecule has 0 bridgehead atoms. The predicted molar refractivity (Wildman–Crippen MR) is 130 cm³/mol. The van der Waals surface area contributed by atoms with Crippen LogP contribution in [0.5, 0.6) is 11.5 Å². The molecule has 0 atom stereocenters. The monoisotopic (exact) mass is 450 g/mol. The van der Waals surface area contributed by atoms with Crippen molar-refractivity contribution in [3.8, 4) is 11.5 Å². The van der Waals surface area contributed by atoms with E-state index >= 15 is 0 Å². The number of hydrogen-bond donors (Lipinski definition) is 0. The number of ether oxygens (including phenoxy) is 3. The second-order valence-corrected chi connectivity index (χ2v) is 7.82. The van der Waals surface area contributed by atoms with Gasteiger partial charge in [-0.1, -0.05) is 41.9 Å². The number of halogens is 1. The Labute approximate surface area is 194 Å². The highest BCUT2D eigenvalue weighted by Crippen LogP contribution is 2.37. The van der Waals surface area contributed by atoms with Crippen molar-refractivity contribution in [3.05, 3.63) is 82.9 Å². The van der Waals surface area contributed by atoms with Crippen molar-refractivity contribution in [3.63, 3.8) is 0 Å². The van der Waals surface area contributed by atoms with Gasteiger partial charge in [-0.2, -0.15) is 0 Å². The Morgan fingerprint density at radius 2 is 1.75 bits per heavy atom. The van der Waals surface area contributed by atoms with Gasteiger partial charge in [0, 0.05) is 25.0 Å². The minimum atomic E-state index is 0.420. The molecule has 0 saturated carbocycles. The first-order valence-corrected chi connectivity index (χ1v) is 11.2. The smallest absolute Gasteiger partial charge is 0.180 e. The maximum absolute atomic E-state index is 6.54. The SMILES string of the molecule is CCOc1cc(C=Nc2ccc(N3CCOCC3)cc2)cc(Cl)c1OCc1ccccc1. The van der Waals surface area contributed by atoms with E-state index in [-0.39, 0.29) is 0 Å². The molecule has 0 aliphatic carbocycles. The quantitative estimate of drug-likeness (QED) is 0.400. The third-order valence-corrected chi connectivity index (χ3v) is 5.43. The highest BCUT2D eigenvalue weighted by Gasteiger charge is 2.13. The summed E-state index contributed by atoms with van der Waals surface area (Å²) in [5, 5.41) is 0.496. The molecule has 3 aromatic rings. The summed E-state index contributed by atoms with van der Waals surface area (Å²) in [6.07, 6.45) is 1.79. The van der Waals surface area contributed by atoms with Crippen molar-refractivity contribution in [2.75, 3.05) is 37.8 Å². The fourth-order valence-corrected chi connectivity index (χ4v) is 3.79. The van der Waals surface area contributed by atoms with Gasteiger partial charge in [0.2, 0.25) is 0 Å². The van der Waals surface area contributed by atoms with E-state index in [0.29, 0.717) is 29.7 Å². The van der Waals surface area contributed by atoms with Gasteiger partial charge in [-0.3, -0.25) is 4.99 Å². The molecule has 0 N–H and O–H groups in total. The Kier molecular flexibility index (Phi) is 7.64. The second-order valence-electron chi connectivity index (χ2n) is 7.41. The fourth-order valence-electron chi connectivity index (χ4n) is 3.52. The van der Waals surface area contributed by atoms with Crippen LogP contribution in [-0.4, -0.2) is 39.1 Å². The number of benzene rings is 3. The summed E-state index contributed by atoms with van der Waals surface area (Å²) in [4.78, 5) is 6.92. The number of rotatable bonds is 8. The van der Waals surface area contributed by atoms with Crippen molar-refractivity contribution >= 4 is 29.2 Å². The number of anilines is 1. The molecule has 5 nitrogen and oxygen atoms in total. The van der Waals surface area contributed by atoms with Crippen molar-refractivity contribution in [2.45, 2.75) is 13.5 Å². The minimum absolute atomic E-state index is 0.420. The van der Waals surface area contributed by atoms with Crippen LogP contribution >= 0.6 is 11.6 Å². The first-order valence-electron chi connectivity index (χ1n) is 10.8. The number of hydrogen-bond acceptors (Lipinski definition) is 5. The van der Waals surface area contributed by atoms with Gasteiger partial charge >= 0.3 is 0 Å². The Balaban J connectivity index is 1.47. The molecule has 0 aromatic heterocycles. The summed E-state index contributed by atoms with van der Waals surface area (Å²) in [7, 11) is 0. The van der Waals surface area contributed by atoms with Crippen LogP contribution < -0.4 is 14.4 Å². The molecular formula is C26H27ClN2O3. The predicted octanol–water partition coefficient (Wildman–Crippen LogP) is 5.90. The molecule has 0 unspecified atom stereocenters. The molecule has 3 aromatic carbocycles. The Morgan fingerprint density at radius 3 is 2.47 bits per heavy atom. The van der Waals surface area contributed by atoms with E-state index in [4.69, 9.17) is 25.8 Å². The normalized spacial score (nSPS) is 14.0. The van der Waals surface area contributed by atoms with Gasteiger partial charge in [0.25, 0.3) is 0 Å². The molecule has 1 saturated heterocycles. The fraction of sp³-hybridized carbons (Fsp3) is 0.269. The molecule has 0 spiro atoms. The van der Waals surface area contributed by atoms with Crippen LogP contribution in [0.25, 0.3) is 0 Å². The molecule has 6 heteroatoms. The molecule has 0 radical (unpaired) electrons. The van der Waals surface area contributed by atoms with E-state index in [1.54, 1.807) is 6.21 Å². The summed E-state index contributed by atoms with van der Waals surface area (Å²) in [6.45, 7) is 6.25. The summed E-state index contributed by atoms with van der Waals surface area (Å²) in [5.41, 5.74) is 3.98. The molecule has 1 aliphatic heterocycles.